The van der Waals surface area contributed by atoms with Crippen molar-refractivity contribution in [2.75, 3.05) is 7.11 Å². The highest BCUT2D eigenvalue weighted by atomic mass is 32.2. The Hall–Kier alpha value is -2.45. The molecule has 8 atom stereocenters. The second-order valence-electron chi connectivity index (χ2n) is 13.4. The summed E-state index contributed by atoms with van der Waals surface area (Å²) in [6.07, 6.45) is 7.85. The highest BCUT2D eigenvalue weighted by Gasteiger charge is 2.70. The third-order valence-corrected chi connectivity index (χ3v) is 12.5. The summed E-state index contributed by atoms with van der Waals surface area (Å²) in [6.45, 7) is 6.61. The molecule has 1 aliphatic heterocycles. The van der Waals surface area contributed by atoms with Gasteiger partial charge < -0.3 is 14.2 Å². The third kappa shape index (κ3) is 4.60. The Morgan fingerprint density at radius 3 is 2.63 bits per heavy atom. The van der Waals surface area contributed by atoms with Gasteiger partial charge in [0.15, 0.2) is 16.8 Å². The minimum absolute atomic E-state index is 0.0421. The molecule has 1 saturated heterocycles. The fraction of sp³-hybridized carbons (Fsp3) is 0.636. The number of carbonyl (C=O) groups is 4. The zero-order valence-electron chi connectivity index (χ0n) is 24.4. The van der Waals surface area contributed by atoms with Gasteiger partial charge in [-0.25, -0.2) is 0 Å². The number of methoxy groups -OCH3 is 1. The first-order chi connectivity index (χ1) is 19.5. The van der Waals surface area contributed by atoms with E-state index in [1.54, 1.807) is 32.2 Å². The molecule has 1 aromatic rings. The van der Waals surface area contributed by atoms with E-state index in [0.717, 1.165) is 37.7 Å². The molecule has 220 valence electrons. The maximum atomic E-state index is 13.3. The summed E-state index contributed by atoms with van der Waals surface area (Å²) >= 11 is 1.43. The van der Waals surface area contributed by atoms with E-state index in [-0.39, 0.29) is 38.8 Å². The molecule has 0 aromatic heterocycles. The normalized spacial score (nSPS) is 39.4. The summed E-state index contributed by atoms with van der Waals surface area (Å²) in [7, 11) is 1.61. The van der Waals surface area contributed by atoms with Crippen molar-refractivity contribution >= 4 is 34.6 Å². The van der Waals surface area contributed by atoms with Crippen LogP contribution in [0, 0.1) is 34.5 Å². The molecule has 4 aliphatic carbocycles. The number of hydrogen-bond acceptors (Lipinski definition) is 8. The standard InChI is InChI=1S/C33H40O7S/c1-19(34)41-27-16-21-15-22(35)8-11-31(21,2)25-9-12-32(3)26(28(25)27)10-13-33(32)17-24(30(37)40-33)29(36)39-23-7-5-6-20(14-23)18-38-4/h5-7,14-15,24-28H,8-13,16-18H2,1-4H3/t24?,25?,26?,27?,28?,31?,32?,33-/m1/s1. The van der Waals surface area contributed by atoms with Gasteiger partial charge in [-0.3, -0.25) is 19.2 Å². The van der Waals surface area contributed by atoms with Crippen LogP contribution in [0.3, 0.4) is 0 Å². The quantitative estimate of drug-likeness (QED) is 0.244. The molecule has 1 aromatic carbocycles. The summed E-state index contributed by atoms with van der Waals surface area (Å²) in [5.41, 5.74) is 1.04. The van der Waals surface area contributed by atoms with Gasteiger partial charge in [-0.05, 0) is 85.5 Å². The molecule has 1 heterocycles. The Kier molecular flexibility index (Phi) is 7.25. The predicted octanol–water partition coefficient (Wildman–Crippen LogP) is 5.83. The smallest absolute Gasteiger partial charge is 0.325 e. The molecule has 8 heteroatoms. The number of carbonyl (C=O) groups excluding carboxylic acids is 4. The number of ketones is 1. The average molecular weight is 581 g/mol. The van der Waals surface area contributed by atoms with Crippen LogP contribution in [0.15, 0.2) is 35.9 Å². The average Bonchev–Trinajstić information content (AvgIpc) is 3.41. The van der Waals surface area contributed by atoms with Crippen molar-refractivity contribution in [3.8, 4) is 5.75 Å². The lowest BCUT2D eigenvalue weighted by molar-refractivity contribution is -0.169. The molecule has 1 spiro atoms. The van der Waals surface area contributed by atoms with Gasteiger partial charge >= 0.3 is 11.9 Å². The van der Waals surface area contributed by atoms with Crippen LogP contribution >= 0.6 is 11.8 Å². The molecule has 7 nitrogen and oxygen atoms in total. The summed E-state index contributed by atoms with van der Waals surface area (Å²) < 4.78 is 17.1. The van der Waals surface area contributed by atoms with E-state index in [9.17, 15) is 19.2 Å². The van der Waals surface area contributed by atoms with Crippen LogP contribution in [0.5, 0.6) is 5.75 Å². The van der Waals surface area contributed by atoms with Crippen LogP contribution in [0.2, 0.25) is 0 Å². The van der Waals surface area contributed by atoms with Crippen molar-refractivity contribution < 1.29 is 33.4 Å². The molecule has 6 rings (SSSR count). The van der Waals surface area contributed by atoms with Crippen LogP contribution in [0.4, 0.5) is 0 Å². The highest BCUT2D eigenvalue weighted by Crippen LogP contribution is 2.71. The topological polar surface area (TPSA) is 96.0 Å². The van der Waals surface area contributed by atoms with E-state index in [4.69, 9.17) is 14.2 Å². The lowest BCUT2D eigenvalue weighted by Gasteiger charge is -2.61. The van der Waals surface area contributed by atoms with Gasteiger partial charge in [-0.2, -0.15) is 0 Å². The Bertz CT molecular complexity index is 1320. The van der Waals surface area contributed by atoms with Gasteiger partial charge in [0.2, 0.25) is 0 Å². The predicted molar refractivity (Wildman–Crippen MR) is 154 cm³/mol. The van der Waals surface area contributed by atoms with Crippen molar-refractivity contribution in [1.29, 1.82) is 0 Å². The molecule has 0 bridgehead atoms. The Balaban J connectivity index is 1.26. The zero-order chi connectivity index (χ0) is 29.2. The van der Waals surface area contributed by atoms with Crippen LogP contribution in [-0.4, -0.2) is 40.8 Å². The zero-order valence-corrected chi connectivity index (χ0v) is 25.2. The first kappa shape index (κ1) is 28.7. The number of esters is 2. The van der Waals surface area contributed by atoms with Gasteiger partial charge in [0.05, 0.1) is 6.61 Å². The van der Waals surface area contributed by atoms with Crippen LogP contribution in [0.25, 0.3) is 0 Å². The van der Waals surface area contributed by atoms with Crippen LogP contribution in [-0.2, 0) is 35.3 Å². The molecule has 0 radical (unpaired) electrons. The van der Waals surface area contributed by atoms with E-state index in [1.165, 1.54) is 17.3 Å². The molecular weight excluding hydrogens is 540 g/mol. The summed E-state index contributed by atoms with van der Waals surface area (Å²) in [5.74, 6) is -0.509. The Morgan fingerprint density at radius 2 is 1.88 bits per heavy atom. The lowest BCUT2D eigenvalue weighted by atomic mass is 9.46. The lowest BCUT2D eigenvalue weighted by Crippen LogP contribution is -2.57. The van der Waals surface area contributed by atoms with E-state index < -0.39 is 23.5 Å². The SMILES string of the molecule is COCc1cccc(OC(=O)C2C[C@@]3(CCC4C5C(SC(C)=O)CC6=CC(=O)CCC6(C)C5CCC43C)OC2=O)c1. The summed E-state index contributed by atoms with van der Waals surface area (Å²) in [5, 5.41) is 0.199. The monoisotopic (exact) mass is 580 g/mol. The van der Waals surface area contributed by atoms with Gasteiger partial charge in [0.1, 0.15) is 11.4 Å². The molecule has 4 fully saturated rings. The molecule has 41 heavy (non-hydrogen) atoms. The first-order valence-electron chi connectivity index (χ1n) is 14.9. The largest absolute Gasteiger partial charge is 0.458 e. The number of hydrogen-bond donors (Lipinski definition) is 0. The van der Waals surface area contributed by atoms with Crippen molar-refractivity contribution in [3.05, 3.63) is 41.5 Å². The van der Waals surface area contributed by atoms with Crippen molar-refractivity contribution in [2.24, 2.45) is 34.5 Å². The number of fused-ring (bicyclic) bond motifs is 6. The van der Waals surface area contributed by atoms with Gasteiger partial charge in [-0.15, -0.1) is 0 Å². The van der Waals surface area contributed by atoms with Crippen LogP contribution in [0.1, 0.15) is 77.7 Å². The van der Waals surface area contributed by atoms with E-state index in [2.05, 4.69) is 13.8 Å². The number of thioether (sulfide) groups is 1. The molecule has 5 aliphatic rings. The second-order valence-corrected chi connectivity index (χ2v) is 14.8. The van der Waals surface area contributed by atoms with Gasteiger partial charge in [-0.1, -0.05) is 43.3 Å². The van der Waals surface area contributed by atoms with Gasteiger partial charge in [0, 0.05) is 37.5 Å². The summed E-state index contributed by atoms with van der Waals surface area (Å²) in [4.78, 5) is 51.4. The van der Waals surface area contributed by atoms with Crippen molar-refractivity contribution in [1.82, 2.24) is 0 Å². The molecule has 3 saturated carbocycles. The minimum Gasteiger partial charge on any atom is -0.458 e. The molecule has 7 unspecified atom stereocenters. The summed E-state index contributed by atoms with van der Waals surface area (Å²) in [6, 6.07) is 7.15. The van der Waals surface area contributed by atoms with E-state index in [1.807, 2.05) is 12.1 Å². The van der Waals surface area contributed by atoms with Crippen molar-refractivity contribution in [3.63, 3.8) is 0 Å². The number of benzene rings is 1. The molecular formula is C33H40O7S. The number of ether oxygens (including phenoxy) is 3. The first-order valence-corrected chi connectivity index (χ1v) is 15.8. The minimum atomic E-state index is -0.959. The Labute approximate surface area is 246 Å². The second kappa shape index (κ2) is 10.4. The fourth-order valence-electron chi connectivity index (χ4n) is 9.38. The fourth-order valence-corrected chi connectivity index (χ4v) is 10.6. The molecule has 0 amide bonds. The van der Waals surface area contributed by atoms with Gasteiger partial charge in [0.25, 0.3) is 0 Å². The third-order valence-electron chi connectivity index (χ3n) is 11.4. The maximum Gasteiger partial charge on any atom is 0.325 e. The number of rotatable bonds is 5. The van der Waals surface area contributed by atoms with E-state index in [0.29, 0.717) is 37.5 Å². The van der Waals surface area contributed by atoms with E-state index >= 15 is 0 Å². The maximum absolute atomic E-state index is 13.3. The Morgan fingerprint density at radius 1 is 1.10 bits per heavy atom. The highest BCUT2D eigenvalue weighted by molar-refractivity contribution is 8.14. The number of allylic oxidation sites excluding steroid dienone is 1. The molecule has 0 N–H and O–H groups in total. The van der Waals surface area contributed by atoms with Crippen LogP contribution < -0.4 is 4.74 Å². The van der Waals surface area contributed by atoms with Crippen molar-refractivity contribution in [2.45, 2.75) is 89.6 Å².